The molecule has 3 aliphatic heterocycles. The molecule has 0 aromatic carbocycles. The quantitative estimate of drug-likeness (QED) is 0.0734. The van der Waals surface area contributed by atoms with Gasteiger partial charge in [-0.25, -0.2) is 0 Å². The molecule has 5 aliphatic carbocycles. The van der Waals surface area contributed by atoms with Crippen LogP contribution < -0.4 is 0 Å². The van der Waals surface area contributed by atoms with Gasteiger partial charge in [-0.3, -0.25) is 0 Å². The Labute approximate surface area is 451 Å². The first-order valence-electron chi connectivity index (χ1n) is 28.3. The highest BCUT2D eigenvalue weighted by atomic mass is 16.8. The van der Waals surface area contributed by atoms with Gasteiger partial charge in [-0.1, -0.05) is 53.2 Å². The van der Waals surface area contributed by atoms with Crippen molar-refractivity contribution >= 4 is 0 Å². The van der Waals surface area contributed by atoms with Gasteiger partial charge in [0, 0.05) is 17.9 Å². The van der Waals surface area contributed by atoms with Crippen LogP contribution in [0.4, 0.5) is 0 Å². The third-order valence-electron chi connectivity index (χ3n) is 21.2. The van der Waals surface area contributed by atoms with Crippen LogP contribution in [0.2, 0.25) is 0 Å². The van der Waals surface area contributed by atoms with Gasteiger partial charge in [0.15, 0.2) is 18.9 Å². The Hall–Kier alpha value is -1.14. The Kier molecular flexibility index (Phi) is 18.9. The lowest BCUT2D eigenvalue weighted by Crippen LogP contribution is -2.65. The van der Waals surface area contributed by atoms with E-state index >= 15 is 0 Å². The summed E-state index contributed by atoms with van der Waals surface area (Å²) in [6.45, 7) is 14.8. The first-order valence-corrected chi connectivity index (χ1v) is 28.3. The van der Waals surface area contributed by atoms with Gasteiger partial charge in [-0.05, 0) is 118 Å². The molecular weight excluding hydrogens is 1010 g/mol. The molecule has 1 unspecified atom stereocenters. The fraction of sp³-hybridized carbons (Fsp3) is 0.964. The zero-order valence-electron chi connectivity index (χ0n) is 46.1. The smallest absolute Gasteiger partial charge is 0.187 e. The van der Waals surface area contributed by atoms with Crippen LogP contribution in [0, 0.1) is 51.2 Å². The van der Waals surface area contributed by atoms with E-state index < -0.39 is 154 Å². The van der Waals surface area contributed by atoms with Crippen molar-refractivity contribution in [3.8, 4) is 0 Å². The molecule has 8 rings (SSSR count). The Morgan fingerprint density at radius 1 is 0.610 bits per heavy atom. The molecule has 7 fully saturated rings. The first kappa shape index (κ1) is 61.9. The van der Waals surface area contributed by atoms with E-state index in [-0.39, 0.29) is 53.1 Å². The molecule has 4 saturated carbocycles. The zero-order chi connectivity index (χ0) is 56.6. The standard InChI is InChI=1S/C55H94O22/c1-24(26-15-16-55(8)33-12-10-27-28(53(33,6)17-18-54(26,55)7)11-14-34(51(27,2)3)72-29-19-25(20-56)36(59)41(64)37(29)60)9-13-35(52(4,5)70)76-50-47(77-49-46(69)43(66)39(62)31(22-58)74-49)44(67)40(63)32(75-50)23-71-48-45(68)42(65)38(61)30(21-57)73-48/h10,24-26,28-50,56-70H,9,11-23H2,1-8H3/t24-,25-,26-,28+,29-,30-,31-,32-,33?,34+,35-,36-,37+,38-,39-,40-,41+,42+,43+,44+,45-,46-,47-,48-,49+,50+,53+,54-,55+/m1/s1. The minimum Gasteiger partial charge on any atom is -0.396 e. The average Bonchev–Trinajstić information content (AvgIpc) is 3.69. The van der Waals surface area contributed by atoms with Crippen molar-refractivity contribution in [3.63, 3.8) is 0 Å². The lowest BCUT2D eigenvalue weighted by molar-refractivity contribution is -0.380. The summed E-state index contributed by atoms with van der Waals surface area (Å²) in [4.78, 5) is 0. The summed E-state index contributed by atoms with van der Waals surface area (Å²) in [5.74, 6) is 0.565. The number of fused-ring (bicyclic) bond motifs is 5. The van der Waals surface area contributed by atoms with Gasteiger partial charge in [-0.15, -0.1) is 0 Å². The Bertz CT molecular complexity index is 1980. The van der Waals surface area contributed by atoms with E-state index in [2.05, 4.69) is 47.6 Å². The molecule has 0 spiro atoms. The van der Waals surface area contributed by atoms with E-state index in [4.69, 9.17) is 33.2 Å². The van der Waals surface area contributed by atoms with Crippen molar-refractivity contribution in [2.24, 2.45) is 51.2 Å². The minimum absolute atomic E-state index is 0.00922. The van der Waals surface area contributed by atoms with Crippen LogP contribution in [0.25, 0.3) is 0 Å². The third kappa shape index (κ3) is 11.1. The summed E-state index contributed by atoms with van der Waals surface area (Å²) in [6, 6.07) is 0. The SMILES string of the molecule is C[C@H](CC[C@@H](O[C@@H]1O[C@H](CO[C@@H]2O[C@H](CO)[C@@H](O)[C@H](O)[C@H]2O)[C@@H](O)[C@H](O)[C@H]1O[C@@H]1O[C@H](CO)[C@@H](O)[C@H](O)[C@H]1O)C(C)(C)O)[C@H]1CC[C@@]2(C)C3CC=C4[C@H](CC[C@H](O[C@@H]5C[C@H](CO)[C@@H](O)[C@H](O)[C@H]5O)C4(C)C)[C@]3(C)CC[C@]12C. The maximum atomic E-state index is 11.8. The Balaban J connectivity index is 0.973. The summed E-state index contributed by atoms with van der Waals surface area (Å²) in [5, 5.41) is 160. The van der Waals surface area contributed by atoms with Gasteiger partial charge in [0.1, 0.15) is 85.5 Å². The highest BCUT2D eigenvalue weighted by molar-refractivity contribution is 5.30. The molecule has 0 aromatic heterocycles. The summed E-state index contributed by atoms with van der Waals surface area (Å²) >= 11 is 0. The predicted molar refractivity (Wildman–Crippen MR) is 269 cm³/mol. The largest absolute Gasteiger partial charge is 0.396 e. The van der Waals surface area contributed by atoms with Crippen LogP contribution in [-0.4, -0.2) is 237 Å². The number of aliphatic hydroxyl groups is 15. The van der Waals surface area contributed by atoms with Crippen LogP contribution in [0.3, 0.4) is 0 Å². The fourth-order valence-corrected chi connectivity index (χ4v) is 16.1. The number of hydrogen-bond acceptors (Lipinski definition) is 22. The maximum Gasteiger partial charge on any atom is 0.187 e. The van der Waals surface area contributed by atoms with Crippen molar-refractivity contribution in [2.75, 3.05) is 26.4 Å². The normalized spacial score (nSPS) is 51.0. The van der Waals surface area contributed by atoms with Gasteiger partial charge >= 0.3 is 0 Å². The molecule has 446 valence electrons. The van der Waals surface area contributed by atoms with Crippen molar-refractivity contribution in [2.45, 2.75) is 254 Å². The highest BCUT2D eigenvalue weighted by Crippen LogP contribution is 2.75. The average molecular weight is 1110 g/mol. The van der Waals surface area contributed by atoms with Gasteiger partial charge in [0.25, 0.3) is 0 Å². The maximum absolute atomic E-state index is 11.8. The number of ether oxygens (including phenoxy) is 7. The van der Waals surface area contributed by atoms with E-state index in [1.54, 1.807) is 13.8 Å². The van der Waals surface area contributed by atoms with Crippen molar-refractivity contribution < 1.29 is 110 Å². The van der Waals surface area contributed by atoms with Crippen LogP contribution in [0.1, 0.15) is 120 Å². The molecule has 29 atom stereocenters. The molecule has 0 amide bonds. The van der Waals surface area contributed by atoms with Crippen molar-refractivity contribution in [1.29, 1.82) is 0 Å². The molecule has 15 N–H and O–H groups in total. The topological polar surface area (TPSA) is 368 Å². The van der Waals surface area contributed by atoms with Crippen molar-refractivity contribution in [3.05, 3.63) is 11.6 Å². The van der Waals surface area contributed by atoms with Crippen LogP contribution in [0.15, 0.2) is 11.6 Å². The number of rotatable bonds is 17. The molecule has 22 nitrogen and oxygen atoms in total. The fourth-order valence-electron chi connectivity index (χ4n) is 16.1. The second-order valence-electron chi connectivity index (χ2n) is 26.3. The molecule has 22 heteroatoms. The molecular formula is C55H94O22. The van der Waals surface area contributed by atoms with E-state index in [0.29, 0.717) is 24.2 Å². The molecule has 3 heterocycles. The number of allylic oxidation sites excluding steroid dienone is 1. The minimum atomic E-state index is -1.90. The van der Waals surface area contributed by atoms with Gasteiger partial charge < -0.3 is 110 Å². The molecule has 77 heavy (non-hydrogen) atoms. The lowest BCUT2D eigenvalue weighted by atomic mass is 9.39. The molecule has 8 aliphatic rings. The van der Waals surface area contributed by atoms with Crippen LogP contribution >= 0.6 is 0 Å². The monoisotopic (exact) mass is 1110 g/mol. The van der Waals surface area contributed by atoms with E-state index in [1.807, 2.05) is 0 Å². The lowest BCUT2D eigenvalue weighted by Gasteiger charge is -2.66. The van der Waals surface area contributed by atoms with Gasteiger partial charge in [-0.2, -0.15) is 0 Å². The summed E-state index contributed by atoms with van der Waals surface area (Å²) in [7, 11) is 0. The predicted octanol–water partition coefficient (Wildman–Crippen LogP) is -1.54. The summed E-state index contributed by atoms with van der Waals surface area (Å²) in [5.41, 5.74) is -0.583. The van der Waals surface area contributed by atoms with E-state index in [0.717, 1.165) is 44.9 Å². The summed E-state index contributed by atoms with van der Waals surface area (Å²) in [6.07, 6.45) is -21.0. The van der Waals surface area contributed by atoms with Gasteiger partial charge in [0.2, 0.25) is 0 Å². The zero-order valence-corrected chi connectivity index (χ0v) is 46.1. The number of aliphatic hydroxyl groups excluding tert-OH is 14. The molecule has 0 bridgehead atoms. The highest BCUT2D eigenvalue weighted by Gasteiger charge is 2.68. The Morgan fingerprint density at radius 2 is 1.19 bits per heavy atom. The van der Waals surface area contributed by atoms with Gasteiger partial charge in [0.05, 0.1) is 49.8 Å². The van der Waals surface area contributed by atoms with E-state index in [9.17, 15) is 76.6 Å². The van der Waals surface area contributed by atoms with Crippen molar-refractivity contribution in [1.82, 2.24) is 0 Å². The second kappa shape index (κ2) is 23.5. The number of hydrogen-bond donors (Lipinski definition) is 15. The molecule has 0 aromatic rings. The molecule has 3 saturated heterocycles. The van der Waals surface area contributed by atoms with Crippen LogP contribution in [0.5, 0.6) is 0 Å². The second-order valence-corrected chi connectivity index (χ2v) is 26.3. The molecule has 0 radical (unpaired) electrons. The third-order valence-corrected chi connectivity index (χ3v) is 21.2. The van der Waals surface area contributed by atoms with E-state index in [1.165, 1.54) is 5.57 Å². The Morgan fingerprint density at radius 3 is 1.81 bits per heavy atom. The van der Waals surface area contributed by atoms with Crippen LogP contribution in [-0.2, 0) is 33.2 Å². The summed E-state index contributed by atoms with van der Waals surface area (Å²) < 4.78 is 42.3. The first-order chi connectivity index (χ1) is 36.0.